The summed E-state index contributed by atoms with van der Waals surface area (Å²) in [6, 6.07) is 3.64. The number of amides is 1. The summed E-state index contributed by atoms with van der Waals surface area (Å²) in [5, 5.41) is 14.5. The lowest BCUT2D eigenvalue weighted by atomic mass is 9.90. The Kier molecular flexibility index (Phi) is 5.02. The number of likely N-dealkylation sites (tertiary alicyclic amines) is 1. The van der Waals surface area contributed by atoms with E-state index in [4.69, 9.17) is 15.2 Å². The fraction of sp³-hybridized carbons (Fsp3) is 0.722. The quantitative estimate of drug-likeness (QED) is 0.630. The number of piperidine rings is 1. The maximum Gasteiger partial charge on any atom is 0.220 e. The van der Waals surface area contributed by atoms with E-state index in [1.165, 1.54) is 0 Å². The molecule has 0 spiro atoms. The second kappa shape index (κ2) is 7.28. The Morgan fingerprint density at radius 3 is 2.85 bits per heavy atom. The molecule has 8 heteroatoms. The number of carbonyl (C=O) groups is 1. The number of nitrogens with zero attached hydrogens (tertiary/aromatic N) is 2. The van der Waals surface area contributed by atoms with Gasteiger partial charge in [-0.05, 0) is 38.1 Å². The molecule has 4 rings (SSSR count). The summed E-state index contributed by atoms with van der Waals surface area (Å²) >= 11 is 0. The van der Waals surface area contributed by atoms with Gasteiger partial charge in [0.25, 0.3) is 0 Å². The van der Waals surface area contributed by atoms with Gasteiger partial charge in [-0.2, -0.15) is 0 Å². The Hall–Kier alpha value is -1.45. The molecule has 4 N–H and O–H groups in total. The molecule has 8 nitrogen and oxygen atoms in total. The fourth-order valence-electron chi connectivity index (χ4n) is 4.43. The van der Waals surface area contributed by atoms with Crippen molar-refractivity contribution in [2.45, 2.75) is 50.0 Å². The molecule has 0 radical (unpaired) electrons. The third-order valence-electron chi connectivity index (χ3n) is 6.05. The second-order valence-corrected chi connectivity index (χ2v) is 7.59. The molecule has 0 unspecified atom stereocenters. The van der Waals surface area contributed by atoms with E-state index in [9.17, 15) is 9.90 Å². The Morgan fingerprint density at radius 1 is 1.42 bits per heavy atom. The third kappa shape index (κ3) is 3.27. The van der Waals surface area contributed by atoms with Gasteiger partial charge in [0, 0.05) is 31.4 Å². The van der Waals surface area contributed by atoms with E-state index >= 15 is 0 Å². The first-order valence-corrected chi connectivity index (χ1v) is 9.36. The molecule has 5 atom stereocenters. The monoisotopic (exact) mass is 364 g/mol. The minimum atomic E-state index is -0.591. The average Bonchev–Trinajstić information content (AvgIpc) is 3.23. The van der Waals surface area contributed by atoms with Crippen molar-refractivity contribution in [3.05, 3.63) is 24.0 Å². The summed E-state index contributed by atoms with van der Waals surface area (Å²) < 4.78 is 13.9. The second-order valence-electron chi connectivity index (χ2n) is 7.59. The number of aliphatic hydroxyl groups is 1. The number of nitrogens with one attached hydrogen (secondary N) is 1. The predicted octanol–water partition coefficient (Wildman–Crippen LogP) is -0.835. The summed E-state index contributed by atoms with van der Waals surface area (Å²) in [6.45, 7) is 2.58. The molecule has 144 valence electrons. The lowest BCUT2D eigenvalue weighted by molar-refractivity contribution is -0.186. The maximum absolute atomic E-state index is 11.4. The van der Waals surface area contributed by atoms with Crippen LogP contribution in [0.15, 0.2) is 18.3 Å². The molecule has 4 heterocycles. The van der Waals surface area contributed by atoms with Crippen LogP contribution in [0.1, 0.15) is 18.5 Å². The van der Waals surface area contributed by atoms with Crippen LogP contribution in [0.5, 0.6) is 0 Å². The zero-order valence-corrected chi connectivity index (χ0v) is 15.1. The standard InChI is InChI=1S/C18H28N4O4/c1-21-6-2-3-12(21)9-20-14-13-10-25-18(26-13)15(16(14)23)22-7-4-11(5-8-22)17(19)24/h2-3,6,11,13-16,18,20,23H,4-5,7-10H2,1H3,(H2,19,24)/t13-,14-,15-,16+,18-/m1/s1. The van der Waals surface area contributed by atoms with Gasteiger partial charge in [0.1, 0.15) is 6.10 Å². The fourth-order valence-corrected chi connectivity index (χ4v) is 4.43. The van der Waals surface area contributed by atoms with Crippen LogP contribution in [0.2, 0.25) is 0 Å². The number of primary amides is 1. The molecule has 0 saturated carbocycles. The van der Waals surface area contributed by atoms with E-state index in [-0.39, 0.29) is 30.0 Å². The number of aromatic nitrogens is 1. The van der Waals surface area contributed by atoms with Crippen molar-refractivity contribution < 1.29 is 19.4 Å². The number of fused-ring (bicyclic) bond motifs is 2. The number of nitrogens with two attached hydrogens (primary N) is 1. The van der Waals surface area contributed by atoms with Crippen molar-refractivity contribution in [3.8, 4) is 0 Å². The van der Waals surface area contributed by atoms with Crippen molar-refractivity contribution in [1.82, 2.24) is 14.8 Å². The van der Waals surface area contributed by atoms with Crippen molar-refractivity contribution >= 4 is 5.91 Å². The van der Waals surface area contributed by atoms with Crippen LogP contribution in [0.3, 0.4) is 0 Å². The molecular weight excluding hydrogens is 336 g/mol. The van der Waals surface area contributed by atoms with Crippen LogP contribution in [0, 0.1) is 5.92 Å². The van der Waals surface area contributed by atoms with Crippen LogP contribution >= 0.6 is 0 Å². The van der Waals surface area contributed by atoms with Crippen LogP contribution in [0.4, 0.5) is 0 Å². The summed E-state index contributed by atoms with van der Waals surface area (Å²) in [6.07, 6.45) is 2.30. The summed E-state index contributed by atoms with van der Waals surface area (Å²) in [4.78, 5) is 13.6. The predicted molar refractivity (Wildman–Crippen MR) is 93.9 cm³/mol. The molecule has 3 saturated heterocycles. The molecule has 2 bridgehead atoms. The molecule has 0 aliphatic carbocycles. The Morgan fingerprint density at radius 2 is 2.19 bits per heavy atom. The van der Waals surface area contributed by atoms with Gasteiger partial charge in [-0.3, -0.25) is 9.69 Å². The Bertz CT molecular complexity index is 643. The number of ether oxygens (including phenoxy) is 2. The molecule has 0 aromatic carbocycles. The van der Waals surface area contributed by atoms with Crippen molar-refractivity contribution in [2.75, 3.05) is 19.7 Å². The first kappa shape index (κ1) is 17.9. The van der Waals surface area contributed by atoms with Crippen molar-refractivity contribution in [3.63, 3.8) is 0 Å². The number of hydrogen-bond acceptors (Lipinski definition) is 6. The topological polar surface area (TPSA) is 102 Å². The minimum Gasteiger partial charge on any atom is -0.390 e. The Labute approximate surface area is 153 Å². The summed E-state index contributed by atoms with van der Waals surface area (Å²) in [5.41, 5.74) is 6.58. The molecule has 3 fully saturated rings. The number of aliphatic hydroxyl groups excluding tert-OH is 1. The van der Waals surface area contributed by atoms with Gasteiger partial charge < -0.3 is 30.2 Å². The first-order valence-electron chi connectivity index (χ1n) is 9.36. The van der Waals surface area contributed by atoms with E-state index in [1.807, 2.05) is 19.3 Å². The number of rotatable bonds is 5. The van der Waals surface area contributed by atoms with Gasteiger partial charge in [-0.1, -0.05) is 0 Å². The third-order valence-corrected chi connectivity index (χ3v) is 6.05. The molecule has 1 aromatic heterocycles. The van der Waals surface area contributed by atoms with Crippen LogP contribution < -0.4 is 11.1 Å². The molecule has 26 heavy (non-hydrogen) atoms. The van der Waals surface area contributed by atoms with E-state index in [0.717, 1.165) is 18.5 Å². The van der Waals surface area contributed by atoms with Gasteiger partial charge in [-0.25, -0.2) is 0 Å². The van der Waals surface area contributed by atoms with Crippen molar-refractivity contribution in [1.29, 1.82) is 0 Å². The highest BCUT2D eigenvalue weighted by atomic mass is 16.7. The first-order chi connectivity index (χ1) is 12.5. The Balaban J connectivity index is 1.43. The highest BCUT2D eigenvalue weighted by Crippen LogP contribution is 2.33. The number of aryl methyl sites for hydroxylation is 1. The van der Waals surface area contributed by atoms with E-state index in [1.54, 1.807) is 0 Å². The summed E-state index contributed by atoms with van der Waals surface area (Å²) in [5.74, 6) is -0.305. The SMILES string of the molecule is Cn1cccc1CN[C@H]1[C@H](O)[C@@H](N2CCC(C(N)=O)CC2)[C@@H]2OC[C@H]1O2. The van der Waals surface area contributed by atoms with Gasteiger partial charge in [-0.15, -0.1) is 0 Å². The normalized spacial score (nSPS) is 35.7. The molecule has 1 aromatic rings. The van der Waals surface area contributed by atoms with Gasteiger partial charge in [0.15, 0.2) is 6.29 Å². The smallest absolute Gasteiger partial charge is 0.220 e. The highest BCUT2D eigenvalue weighted by Gasteiger charge is 2.52. The van der Waals surface area contributed by atoms with Crippen molar-refractivity contribution in [2.24, 2.45) is 18.7 Å². The van der Waals surface area contributed by atoms with Gasteiger partial charge >= 0.3 is 0 Å². The van der Waals surface area contributed by atoms with Crippen LogP contribution in [-0.4, -0.2) is 70.8 Å². The zero-order chi connectivity index (χ0) is 18.3. The molecule has 3 aliphatic rings. The van der Waals surface area contributed by atoms with Crippen LogP contribution in [-0.2, 0) is 27.9 Å². The van der Waals surface area contributed by atoms with E-state index in [0.29, 0.717) is 26.2 Å². The summed E-state index contributed by atoms with van der Waals surface area (Å²) in [7, 11) is 2.01. The van der Waals surface area contributed by atoms with Gasteiger partial charge in [0.05, 0.1) is 24.8 Å². The van der Waals surface area contributed by atoms with Crippen LogP contribution in [0.25, 0.3) is 0 Å². The highest BCUT2D eigenvalue weighted by molar-refractivity contribution is 5.76. The van der Waals surface area contributed by atoms with Gasteiger partial charge in [0.2, 0.25) is 5.91 Å². The molecule has 3 aliphatic heterocycles. The molecule has 1 amide bonds. The minimum absolute atomic E-state index is 0.0728. The largest absolute Gasteiger partial charge is 0.390 e. The molecular formula is C18H28N4O4. The lowest BCUT2D eigenvalue weighted by Gasteiger charge is -2.46. The number of carbonyl (C=O) groups excluding carboxylic acids is 1. The lowest BCUT2D eigenvalue weighted by Crippen LogP contribution is -2.65. The number of hydrogen-bond donors (Lipinski definition) is 3. The average molecular weight is 364 g/mol. The maximum atomic E-state index is 11.4. The zero-order valence-electron chi connectivity index (χ0n) is 15.1. The van der Waals surface area contributed by atoms with E-state index < -0.39 is 12.4 Å². The van der Waals surface area contributed by atoms with E-state index in [2.05, 4.69) is 20.9 Å².